The summed E-state index contributed by atoms with van der Waals surface area (Å²) in [6.45, 7) is 5.28. The highest BCUT2D eigenvalue weighted by molar-refractivity contribution is 7.22. The highest BCUT2D eigenvalue weighted by Crippen LogP contribution is 2.37. The Balaban J connectivity index is 1.68. The van der Waals surface area contributed by atoms with Crippen molar-refractivity contribution in [3.8, 4) is 11.5 Å². The predicted molar refractivity (Wildman–Crippen MR) is 143 cm³/mol. The molecule has 0 fully saturated rings. The highest BCUT2D eigenvalue weighted by atomic mass is 32.1. The number of hydrogen-bond donors (Lipinski definition) is 0. The molecule has 35 heavy (non-hydrogen) atoms. The Bertz CT molecular complexity index is 1480. The van der Waals surface area contributed by atoms with Crippen LogP contribution in [-0.2, 0) is 6.54 Å². The fourth-order valence-electron chi connectivity index (χ4n) is 4.17. The van der Waals surface area contributed by atoms with Crippen molar-refractivity contribution < 1.29 is 14.3 Å². The van der Waals surface area contributed by atoms with Crippen LogP contribution in [0.25, 0.3) is 21.0 Å². The van der Waals surface area contributed by atoms with Gasteiger partial charge in [0.25, 0.3) is 5.91 Å². The molecule has 0 N–H and O–H groups in total. The molecular formula is C29H26N2O3S. The first kappa shape index (κ1) is 22.9. The number of benzene rings is 4. The molecule has 0 aliphatic carbocycles. The topological polar surface area (TPSA) is 51.7 Å². The smallest absolute Gasteiger partial charge is 0.264 e. The molecule has 1 amide bonds. The van der Waals surface area contributed by atoms with Gasteiger partial charge in [0, 0.05) is 0 Å². The molecular weight excluding hydrogens is 456 g/mol. The zero-order valence-corrected chi connectivity index (χ0v) is 20.5. The van der Waals surface area contributed by atoms with Crippen molar-refractivity contribution in [2.45, 2.75) is 20.4 Å². The third kappa shape index (κ3) is 4.57. The van der Waals surface area contributed by atoms with Crippen LogP contribution in [0.3, 0.4) is 0 Å². The summed E-state index contributed by atoms with van der Waals surface area (Å²) >= 11 is 1.49. The van der Waals surface area contributed by atoms with Crippen LogP contribution >= 0.6 is 11.3 Å². The second-order valence-corrected chi connectivity index (χ2v) is 9.01. The number of carbonyl (C=O) groups is 1. The van der Waals surface area contributed by atoms with Crippen molar-refractivity contribution in [1.29, 1.82) is 0 Å². The lowest BCUT2D eigenvalue weighted by molar-refractivity contribution is 0.0983. The Labute approximate surface area is 208 Å². The van der Waals surface area contributed by atoms with Crippen molar-refractivity contribution in [3.05, 3.63) is 96.1 Å². The molecule has 4 aromatic carbocycles. The zero-order valence-electron chi connectivity index (χ0n) is 19.7. The summed E-state index contributed by atoms with van der Waals surface area (Å²) in [5.41, 5.74) is 2.33. The standard InChI is InChI=1S/C29H26N2O3S/c1-3-33-23-18-17-21-13-8-9-14-22(21)26(23)28(32)31(19-20-11-6-5-7-12-20)29-30-27-24(34-4-2)15-10-16-25(27)35-29/h5-18H,3-4,19H2,1-2H3. The van der Waals surface area contributed by atoms with Gasteiger partial charge >= 0.3 is 0 Å². The van der Waals surface area contributed by atoms with Gasteiger partial charge in [-0.1, -0.05) is 78.1 Å². The zero-order chi connectivity index (χ0) is 24.2. The van der Waals surface area contributed by atoms with E-state index in [-0.39, 0.29) is 5.91 Å². The lowest BCUT2D eigenvalue weighted by Gasteiger charge is -2.22. The number of anilines is 1. The molecule has 5 rings (SSSR count). The van der Waals surface area contributed by atoms with Gasteiger partial charge in [-0.15, -0.1) is 0 Å². The van der Waals surface area contributed by atoms with Crippen molar-refractivity contribution in [1.82, 2.24) is 4.98 Å². The Hall–Kier alpha value is -3.90. The lowest BCUT2D eigenvalue weighted by Crippen LogP contribution is -2.31. The average molecular weight is 483 g/mol. The monoisotopic (exact) mass is 482 g/mol. The summed E-state index contributed by atoms with van der Waals surface area (Å²) in [6, 6.07) is 27.6. The van der Waals surface area contributed by atoms with Crippen molar-refractivity contribution in [2.75, 3.05) is 18.1 Å². The number of para-hydroxylation sites is 1. The van der Waals surface area contributed by atoms with Crippen LogP contribution in [0.1, 0.15) is 29.8 Å². The van der Waals surface area contributed by atoms with Crippen LogP contribution < -0.4 is 14.4 Å². The quantitative estimate of drug-likeness (QED) is 0.237. The van der Waals surface area contributed by atoms with Crippen LogP contribution in [0.4, 0.5) is 5.13 Å². The largest absolute Gasteiger partial charge is 0.493 e. The van der Waals surface area contributed by atoms with E-state index in [1.54, 1.807) is 4.90 Å². The van der Waals surface area contributed by atoms with Crippen molar-refractivity contribution >= 4 is 43.4 Å². The molecule has 6 heteroatoms. The molecule has 5 nitrogen and oxygen atoms in total. The van der Waals surface area contributed by atoms with E-state index in [0.29, 0.717) is 36.2 Å². The maximum Gasteiger partial charge on any atom is 0.264 e. The molecule has 0 bridgehead atoms. The summed E-state index contributed by atoms with van der Waals surface area (Å²) in [6.07, 6.45) is 0. The number of ether oxygens (including phenoxy) is 2. The van der Waals surface area contributed by atoms with Gasteiger partial charge in [-0.05, 0) is 48.4 Å². The van der Waals surface area contributed by atoms with E-state index in [0.717, 1.165) is 32.3 Å². The second-order valence-electron chi connectivity index (χ2n) is 8.00. The number of carbonyl (C=O) groups excluding carboxylic acids is 1. The fourth-order valence-corrected chi connectivity index (χ4v) is 5.15. The van der Waals surface area contributed by atoms with E-state index in [4.69, 9.17) is 14.5 Å². The normalized spacial score (nSPS) is 11.0. The maximum atomic E-state index is 14.3. The molecule has 5 aromatic rings. The molecule has 0 spiro atoms. The van der Waals surface area contributed by atoms with Gasteiger partial charge in [0.15, 0.2) is 5.13 Å². The van der Waals surface area contributed by atoms with Crippen LogP contribution in [0.2, 0.25) is 0 Å². The Morgan fingerprint density at radius 2 is 1.57 bits per heavy atom. The molecule has 0 radical (unpaired) electrons. The third-order valence-electron chi connectivity index (χ3n) is 5.73. The summed E-state index contributed by atoms with van der Waals surface area (Å²) in [5, 5.41) is 2.47. The molecule has 0 aliphatic heterocycles. The third-order valence-corrected chi connectivity index (χ3v) is 6.78. The van der Waals surface area contributed by atoms with Crippen molar-refractivity contribution in [2.24, 2.45) is 0 Å². The minimum absolute atomic E-state index is 0.147. The van der Waals surface area contributed by atoms with E-state index in [1.165, 1.54) is 11.3 Å². The molecule has 0 aliphatic rings. The minimum atomic E-state index is -0.147. The summed E-state index contributed by atoms with van der Waals surface area (Å²) < 4.78 is 12.7. The van der Waals surface area contributed by atoms with Gasteiger partial charge < -0.3 is 9.47 Å². The minimum Gasteiger partial charge on any atom is -0.493 e. The van der Waals surface area contributed by atoms with Gasteiger partial charge in [0.05, 0.1) is 30.0 Å². The summed E-state index contributed by atoms with van der Waals surface area (Å²) in [7, 11) is 0. The SMILES string of the molecule is CCOc1ccc2ccccc2c1C(=O)N(Cc1ccccc1)c1nc2c(OCC)cccc2s1. The predicted octanol–water partition coefficient (Wildman–Crippen LogP) is 7.09. The molecule has 0 unspecified atom stereocenters. The maximum absolute atomic E-state index is 14.3. The van der Waals surface area contributed by atoms with Gasteiger partial charge in [-0.2, -0.15) is 0 Å². The van der Waals surface area contributed by atoms with Crippen LogP contribution in [0.15, 0.2) is 84.9 Å². The first-order chi connectivity index (χ1) is 17.2. The lowest BCUT2D eigenvalue weighted by atomic mass is 10.0. The number of nitrogens with zero attached hydrogens (tertiary/aromatic N) is 2. The molecule has 0 saturated carbocycles. The van der Waals surface area contributed by atoms with Crippen LogP contribution in [0.5, 0.6) is 11.5 Å². The van der Waals surface area contributed by atoms with Gasteiger partial charge in [-0.25, -0.2) is 4.98 Å². The number of fused-ring (bicyclic) bond motifs is 2. The Kier molecular flexibility index (Phi) is 6.64. The number of amides is 1. The number of thiazole rings is 1. The number of aromatic nitrogens is 1. The summed E-state index contributed by atoms with van der Waals surface area (Å²) in [5.74, 6) is 1.15. The number of hydrogen-bond acceptors (Lipinski definition) is 5. The van der Waals surface area contributed by atoms with E-state index < -0.39 is 0 Å². The van der Waals surface area contributed by atoms with E-state index in [9.17, 15) is 4.79 Å². The Morgan fingerprint density at radius 3 is 2.37 bits per heavy atom. The second kappa shape index (κ2) is 10.2. The van der Waals surface area contributed by atoms with Gasteiger partial charge in [-0.3, -0.25) is 9.69 Å². The molecule has 0 saturated heterocycles. The van der Waals surface area contributed by atoms with E-state index in [2.05, 4.69) is 0 Å². The van der Waals surface area contributed by atoms with Gasteiger partial charge in [0.2, 0.25) is 0 Å². The molecule has 176 valence electrons. The van der Waals surface area contributed by atoms with Crippen LogP contribution in [0, 0.1) is 0 Å². The average Bonchev–Trinajstić information content (AvgIpc) is 3.33. The Morgan fingerprint density at radius 1 is 0.829 bits per heavy atom. The van der Waals surface area contributed by atoms with Gasteiger partial charge in [0.1, 0.15) is 17.0 Å². The molecule has 1 heterocycles. The van der Waals surface area contributed by atoms with E-state index in [1.807, 2.05) is 98.8 Å². The number of rotatable bonds is 8. The molecule has 0 atom stereocenters. The highest BCUT2D eigenvalue weighted by Gasteiger charge is 2.27. The first-order valence-corrected chi connectivity index (χ1v) is 12.5. The van der Waals surface area contributed by atoms with E-state index >= 15 is 0 Å². The summed E-state index contributed by atoms with van der Waals surface area (Å²) in [4.78, 5) is 21.0. The van der Waals surface area contributed by atoms with Crippen LogP contribution in [-0.4, -0.2) is 24.1 Å². The van der Waals surface area contributed by atoms with Crippen molar-refractivity contribution in [3.63, 3.8) is 0 Å². The first-order valence-electron chi connectivity index (χ1n) is 11.7. The fraction of sp³-hybridized carbons (Fsp3) is 0.172. The molecule has 1 aromatic heterocycles.